The summed E-state index contributed by atoms with van der Waals surface area (Å²) in [6, 6.07) is 3.47. The molecule has 5 heteroatoms. The second kappa shape index (κ2) is 5.14. The number of nitrogen functional groups attached to an aromatic ring is 1. The number of rotatable bonds is 4. The molecule has 0 aliphatic carbocycles. The van der Waals surface area contributed by atoms with Gasteiger partial charge in [-0.25, -0.2) is 9.78 Å². The highest BCUT2D eigenvalue weighted by molar-refractivity contribution is 5.95. The highest BCUT2D eigenvalue weighted by Gasteiger charge is 2.13. The van der Waals surface area contributed by atoms with Gasteiger partial charge in [0.05, 0.1) is 5.56 Å². The Morgan fingerprint density at radius 2 is 2.21 bits per heavy atom. The molecule has 0 aliphatic heterocycles. The third-order valence-corrected chi connectivity index (χ3v) is 3.07. The molecule has 0 saturated carbocycles. The zero-order valence-electron chi connectivity index (χ0n) is 11.1. The molecule has 0 radical (unpaired) electrons. The number of nitrogens with zero attached hydrogens (tertiary/aromatic N) is 2. The number of carbonyl (C=O) groups is 1. The molecular weight excluding hydrogens is 242 g/mol. The zero-order valence-corrected chi connectivity index (χ0v) is 11.1. The van der Waals surface area contributed by atoms with Crippen LogP contribution in [0.4, 0.5) is 5.69 Å². The fourth-order valence-electron chi connectivity index (χ4n) is 2.07. The molecule has 0 aliphatic rings. The summed E-state index contributed by atoms with van der Waals surface area (Å²) < 4.78 is 1.91. The third kappa shape index (κ3) is 2.45. The number of benzene rings is 1. The molecule has 0 fully saturated rings. The van der Waals surface area contributed by atoms with Crippen LogP contribution < -0.4 is 5.73 Å². The molecule has 0 saturated heterocycles. The minimum Gasteiger partial charge on any atom is -0.478 e. The standard InChI is InChI=1S/C14H17N3O2/c1-3-4-12-16-5-6-17(12)10-7-9(2)13(15)11(8-10)14(18)19/h5-8H,3-4,15H2,1-2H3,(H,18,19). The van der Waals surface area contributed by atoms with E-state index < -0.39 is 5.97 Å². The number of hydrogen-bond acceptors (Lipinski definition) is 3. The number of carboxylic acids is 1. The van der Waals surface area contributed by atoms with Crippen LogP contribution >= 0.6 is 0 Å². The molecule has 0 unspecified atom stereocenters. The topological polar surface area (TPSA) is 81.1 Å². The van der Waals surface area contributed by atoms with Gasteiger partial charge in [0.15, 0.2) is 0 Å². The number of carboxylic acid groups (broad SMARTS) is 1. The highest BCUT2D eigenvalue weighted by atomic mass is 16.4. The van der Waals surface area contributed by atoms with Crippen LogP contribution in [-0.4, -0.2) is 20.6 Å². The lowest BCUT2D eigenvalue weighted by Gasteiger charge is -2.12. The van der Waals surface area contributed by atoms with Crippen molar-refractivity contribution in [2.45, 2.75) is 26.7 Å². The van der Waals surface area contributed by atoms with Gasteiger partial charge in [-0.2, -0.15) is 0 Å². The average molecular weight is 259 g/mol. The van der Waals surface area contributed by atoms with E-state index in [1.807, 2.05) is 23.8 Å². The average Bonchev–Trinajstić information content (AvgIpc) is 2.81. The molecule has 2 rings (SSSR count). The van der Waals surface area contributed by atoms with Crippen molar-refractivity contribution in [3.8, 4) is 5.69 Å². The Bertz CT molecular complexity index is 617. The maximum Gasteiger partial charge on any atom is 0.337 e. The molecule has 0 spiro atoms. The van der Waals surface area contributed by atoms with Gasteiger partial charge >= 0.3 is 5.97 Å². The largest absolute Gasteiger partial charge is 0.478 e. The van der Waals surface area contributed by atoms with E-state index in [1.54, 1.807) is 12.3 Å². The van der Waals surface area contributed by atoms with Crippen molar-refractivity contribution in [3.05, 3.63) is 41.5 Å². The Morgan fingerprint density at radius 3 is 2.84 bits per heavy atom. The quantitative estimate of drug-likeness (QED) is 0.826. The fourth-order valence-corrected chi connectivity index (χ4v) is 2.07. The Hall–Kier alpha value is -2.30. The van der Waals surface area contributed by atoms with Gasteiger partial charge in [0.2, 0.25) is 0 Å². The summed E-state index contributed by atoms with van der Waals surface area (Å²) in [7, 11) is 0. The van der Waals surface area contributed by atoms with Crippen molar-refractivity contribution in [3.63, 3.8) is 0 Å². The lowest BCUT2D eigenvalue weighted by atomic mass is 10.1. The van der Waals surface area contributed by atoms with Crippen LogP contribution in [0.1, 0.15) is 35.1 Å². The normalized spacial score (nSPS) is 10.6. The molecule has 1 heterocycles. The number of anilines is 1. The van der Waals surface area contributed by atoms with Gasteiger partial charge in [-0.1, -0.05) is 6.92 Å². The van der Waals surface area contributed by atoms with E-state index in [-0.39, 0.29) is 5.56 Å². The lowest BCUT2D eigenvalue weighted by Crippen LogP contribution is -2.08. The monoisotopic (exact) mass is 259 g/mol. The molecule has 0 atom stereocenters. The molecular formula is C14H17N3O2. The summed E-state index contributed by atoms with van der Waals surface area (Å²) in [5.41, 5.74) is 7.78. The molecule has 1 aromatic carbocycles. The molecule has 2 aromatic rings. The zero-order chi connectivity index (χ0) is 14.0. The number of hydrogen-bond donors (Lipinski definition) is 2. The first-order valence-electron chi connectivity index (χ1n) is 6.20. The van der Waals surface area contributed by atoms with Gasteiger partial charge in [0.1, 0.15) is 5.82 Å². The minimum absolute atomic E-state index is 0.131. The summed E-state index contributed by atoms with van der Waals surface area (Å²) in [6.45, 7) is 3.89. The van der Waals surface area contributed by atoms with Crippen LogP contribution in [0.3, 0.4) is 0 Å². The van der Waals surface area contributed by atoms with E-state index in [0.717, 1.165) is 29.9 Å². The highest BCUT2D eigenvalue weighted by Crippen LogP contribution is 2.23. The molecule has 0 amide bonds. The number of nitrogens with two attached hydrogens (primary N) is 1. The third-order valence-electron chi connectivity index (χ3n) is 3.07. The van der Waals surface area contributed by atoms with Gasteiger partial charge in [-0.05, 0) is 31.0 Å². The van der Waals surface area contributed by atoms with Crippen molar-refractivity contribution in [2.75, 3.05) is 5.73 Å². The Kier molecular flexibility index (Phi) is 3.55. The van der Waals surface area contributed by atoms with Crippen LogP contribution in [0.2, 0.25) is 0 Å². The van der Waals surface area contributed by atoms with E-state index in [9.17, 15) is 9.90 Å². The molecule has 0 bridgehead atoms. The van der Waals surface area contributed by atoms with Gasteiger partial charge in [-0.15, -0.1) is 0 Å². The van der Waals surface area contributed by atoms with Crippen molar-refractivity contribution >= 4 is 11.7 Å². The smallest absolute Gasteiger partial charge is 0.337 e. The van der Waals surface area contributed by atoms with E-state index in [0.29, 0.717) is 5.69 Å². The maximum absolute atomic E-state index is 11.2. The van der Waals surface area contributed by atoms with Crippen LogP contribution in [0.25, 0.3) is 5.69 Å². The van der Waals surface area contributed by atoms with E-state index in [4.69, 9.17) is 5.73 Å². The summed E-state index contributed by atoms with van der Waals surface area (Å²) >= 11 is 0. The lowest BCUT2D eigenvalue weighted by molar-refractivity contribution is 0.0698. The molecule has 3 N–H and O–H groups in total. The number of aromatic carboxylic acids is 1. The minimum atomic E-state index is -1.01. The molecule has 19 heavy (non-hydrogen) atoms. The second-order valence-electron chi connectivity index (χ2n) is 4.49. The van der Waals surface area contributed by atoms with Crippen LogP contribution in [0.5, 0.6) is 0 Å². The van der Waals surface area contributed by atoms with Crippen molar-refractivity contribution in [1.29, 1.82) is 0 Å². The number of aromatic nitrogens is 2. The van der Waals surface area contributed by atoms with Crippen molar-refractivity contribution in [1.82, 2.24) is 9.55 Å². The van der Waals surface area contributed by atoms with Crippen LogP contribution in [0, 0.1) is 6.92 Å². The molecule has 1 aromatic heterocycles. The summed E-state index contributed by atoms with van der Waals surface area (Å²) in [6.07, 6.45) is 5.38. The SMILES string of the molecule is CCCc1nccn1-c1cc(C)c(N)c(C(=O)O)c1. The Labute approximate surface area is 111 Å². The molecule has 100 valence electrons. The Morgan fingerprint density at radius 1 is 1.47 bits per heavy atom. The summed E-state index contributed by atoms with van der Waals surface area (Å²) in [5.74, 6) is -0.0948. The summed E-state index contributed by atoms with van der Waals surface area (Å²) in [5, 5.41) is 9.18. The van der Waals surface area contributed by atoms with Crippen molar-refractivity contribution < 1.29 is 9.90 Å². The maximum atomic E-state index is 11.2. The van der Waals surface area contributed by atoms with Crippen LogP contribution in [-0.2, 0) is 6.42 Å². The first-order chi connectivity index (χ1) is 9.04. The molecule has 5 nitrogen and oxygen atoms in total. The van der Waals surface area contributed by atoms with Gasteiger partial charge in [0, 0.05) is 30.2 Å². The first-order valence-corrected chi connectivity index (χ1v) is 6.20. The van der Waals surface area contributed by atoms with E-state index in [1.165, 1.54) is 0 Å². The van der Waals surface area contributed by atoms with E-state index in [2.05, 4.69) is 11.9 Å². The van der Waals surface area contributed by atoms with E-state index >= 15 is 0 Å². The Balaban J connectivity index is 2.56. The van der Waals surface area contributed by atoms with Gasteiger partial charge in [-0.3, -0.25) is 0 Å². The van der Waals surface area contributed by atoms with Gasteiger partial charge < -0.3 is 15.4 Å². The van der Waals surface area contributed by atoms with Crippen LogP contribution in [0.15, 0.2) is 24.5 Å². The van der Waals surface area contributed by atoms with Crippen molar-refractivity contribution in [2.24, 2.45) is 0 Å². The second-order valence-corrected chi connectivity index (χ2v) is 4.49. The number of imidazole rings is 1. The predicted molar refractivity (Wildman–Crippen MR) is 73.7 cm³/mol. The first kappa shape index (κ1) is 13.1. The number of aryl methyl sites for hydroxylation is 2. The summed E-state index contributed by atoms with van der Waals surface area (Å²) in [4.78, 5) is 15.5. The predicted octanol–water partition coefficient (Wildman–Crippen LogP) is 2.41. The fraction of sp³-hybridized carbons (Fsp3) is 0.286. The van der Waals surface area contributed by atoms with Gasteiger partial charge in [0.25, 0.3) is 0 Å².